The predicted molar refractivity (Wildman–Crippen MR) is 82.7 cm³/mol. The van der Waals surface area contributed by atoms with E-state index in [4.69, 9.17) is 9.52 Å². The Balaban J connectivity index is 1.84. The molecular formula is C16H22N2O3. The Kier molecular flexibility index (Phi) is 5.36. The van der Waals surface area contributed by atoms with Crippen LogP contribution in [-0.4, -0.2) is 43.2 Å². The average Bonchev–Trinajstić information content (AvgIpc) is 2.85. The van der Waals surface area contributed by atoms with Crippen molar-refractivity contribution in [2.75, 3.05) is 27.2 Å². The van der Waals surface area contributed by atoms with Gasteiger partial charge >= 0.3 is 5.97 Å². The highest BCUT2D eigenvalue weighted by atomic mass is 16.4. The van der Waals surface area contributed by atoms with Crippen LogP contribution in [0.1, 0.15) is 29.0 Å². The number of unbranched alkanes of at least 4 members (excludes halogenated alkanes) is 1. The Morgan fingerprint density at radius 2 is 2.10 bits per heavy atom. The highest BCUT2D eigenvalue weighted by Gasteiger charge is 2.10. The molecule has 0 spiro atoms. The first-order valence-corrected chi connectivity index (χ1v) is 7.17. The number of carboxylic acids is 1. The standard InChI is InChI=1S/C16H22N2O3/c1-18(2)8-4-3-7-17-11-12-5-6-14-13(9-12)10-15(21-14)16(19)20/h5-6,9-10,17H,3-4,7-8,11H2,1-2H3,(H,19,20). The summed E-state index contributed by atoms with van der Waals surface area (Å²) in [7, 11) is 4.16. The number of carboxylic acid groups (broad SMARTS) is 1. The molecular weight excluding hydrogens is 268 g/mol. The monoisotopic (exact) mass is 290 g/mol. The molecule has 0 aliphatic rings. The van der Waals surface area contributed by atoms with Gasteiger partial charge in [-0.15, -0.1) is 0 Å². The summed E-state index contributed by atoms with van der Waals surface area (Å²) in [6.07, 6.45) is 2.33. The molecule has 1 heterocycles. The van der Waals surface area contributed by atoms with Gasteiger partial charge in [0.2, 0.25) is 5.76 Å². The molecule has 5 nitrogen and oxygen atoms in total. The maximum absolute atomic E-state index is 10.9. The molecule has 1 aromatic heterocycles. The third kappa shape index (κ3) is 4.58. The number of hydrogen-bond acceptors (Lipinski definition) is 4. The van der Waals surface area contributed by atoms with Crippen molar-refractivity contribution < 1.29 is 14.3 Å². The Hall–Kier alpha value is -1.85. The van der Waals surface area contributed by atoms with Crippen LogP contribution in [0, 0.1) is 0 Å². The Bertz CT molecular complexity index is 605. The van der Waals surface area contributed by atoms with Crippen LogP contribution >= 0.6 is 0 Å². The summed E-state index contributed by atoms with van der Waals surface area (Å²) in [6, 6.07) is 7.32. The van der Waals surface area contributed by atoms with Gasteiger partial charge in [0.25, 0.3) is 0 Å². The molecule has 2 N–H and O–H groups in total. The van der Waals surface area contributed by atoms with Crippen molar-refractivity contribution in [3.8, 4) is 0 Å². The lowest BCUT2D eigenvalue weighted by Crippen LogP contribution is -2.18. The minimum absolute atomic E-state index is 0.0150. The Labute approximate surface area is 124 Å². The fraction of sp³-hybridized carbons (Fsp3) is 0.438. The van der Waals surface area contributed by atoms with Gasteiger partial charge < -0.3 is 19.7 Å². The topological polar surface area (TPSA) is 65.7 Å². The predicted octanol–water partition coefficient (Wildman–Crippen LogP) is 2.56. The highest BCUT2D eigenvalue weighted by molar-refractivity contribution is 5.91. The van der Waals surface area contributed by atoms with E-state index in [-0.39, 0.29) is 5.76 Å². The zero-order valence-electron chi connectivity index (χ0n) is 12.6. The quantitative estimate of drug-likeness (QED) is 0.731. The average molecular weight is 290 g/mol. The molecule has 0 aliphatic heterocycles. The van der Waals surface area contributed by atoms with Crippen molar-refractivity contribution in [3.05, 3.63) is 35.6 Å². The van der Waals surface area contributed by atoms with Crippen LogP contribution in [-0.2, 0) is 6.54 Å². The zero-order chi connectivity index (χ0) is 15.2. The SMILES string of the molecule is CN(C)CCCCNCc1ccc2oc(C(=O)O)cc2c1. The molecule has 0 saturated heterocycles. The molecule has 0 fully saturated rings. The fourth-order valence-electron chi connectivity index (χ4n) is 2.22. The van der Waals surface area contributed by atoms with E-state index in [2.05, 4.69) is 24.3 Å². The summed E-state index contributed by atoms with van der Waals surface area (Å²) in [5.74, 6) is -1.05. The van der Waals surface area contributed by atoms with Gasteiger partial charge in [0, 0.05) is 11.9 Å². The van der Waals surface area contributed by atoms with Crippen LogP contribution in [0.25, 0.3) is 11.0 Å². The van der Waals surface area contributed by atoms with Gasteiger partial charge in [-0.05, 0) is 63.8 Å². The van der Waals surface area contributed by atoms with Crippen LogP contribution in [0.3, 0.4) is 0 Å². The number of nitrogens with one attached hydrogen (secondary N) is 1. The third-order valence-electron chi connectivity index (χ3n) is 3.33. The molecule has 0 amide bonds. The van der Waals surface area contributed by atoms with Crippen molar-refractivity contribution in [1.29, 1.82) is 0 Å². The lowest BCUT2D eigenvalue weighted by Gasteiger charge is -2.09. The van der Waals surface area contributed by atoms with Crippen molar-refractivity contribution in [3.63, 3.8) is 0 Å². The third-order valence-corrected chi connectivity index (χ3v) is 3.33. The molecule has 0 saturated carbocycles. The lowest BCUT2D eigenvalue weighted by molar-refractivity contribution is 0.0665. The minimum atomic E-state index is -1.04. The van der Waals surface area contributed by atoms with Crippen LogP contribution in [0.5, 0.6) is 0 Å². The smallest absolute Gasteiger partial charge is 0.371 e. The summed E-state index contributed by atoms with van der Waals surface area (Å²) in [4.78, 5) is 13.1. The maximum Gasteiger partial charge on any atom is 0.371 e. The second-order valence-electron chi connectivity index (χ2n) is 5.48. The molecule has 0 aliphatic carbocycles. The second-order valence-corrected chi connectivity index (χ2v) is 5.48. The first kappa shape index (κ1) is 15.5. The van der Waals surface area contributed by atoms with E-state index < -0.39 is 5.97 Å². The Morgan fingerprint density at radius 1 is 1.29 bits per heavy atom. The highest BCUT2D eigenvalue weighted by Crippen LogP contribution is 2.20. The number of aromatic carboxylic acids is 1. The van der Waals surface area contributed by atoms with Gasteiger partial charge in [0.1, 0.15) is 5.58 Å². The number of furan rings is 1. The second kappa shape index (κ2) is 7.24. The molecule has 114 valence electrons. The first-order chi connectivity index (χ1) is 10.1. The van der Waals surface area contributed by atoms with Crippen LogP contribution in [0.2, 0.25) is 0 Å². The number of nitrogens with zero attached hydrogens (tertiary/aromatic N) is 1. The van der Waals surface area contributed by atoms with Crippen molar-refractivity contribution >= 4 is 16.9 Å². The normalized spacial score (nSPS) is 11.4. The molecule has 1 aromatic carbocycles. The number of fused-ring (bicyclic) bond motifs is 1. The summed E-state index contributed by atoms with van der Waals surface area (Å²) in [6.45, 7) is 2.88. The number of carbonyl (C=O) groups is 1. The van der Waals surface area contributed by atoms with E-state index in [9.17, 15) is 4.79 Å². The van der Waals surface area contributed by atoms with Crippen molar-refractivity contribution in [2.24, 2.45) is 0 Å². The van der Waals surface area contributed by atoms with E-state index in [1.165, 1.54) is 6.42 Å². The van der Waals surface area contributed by atoms with E-state index in [0.29, 0.717) is 5.58 Å². The summed E-state index contributed by atoms with van der Waals surface area (Å²) >= 11 is 0. The summed E-state index contributed by atoms with van der Waals surface area (Å²) < 4.78 is 5.24. The maximum atomic E-state index is 10.9. The molecule has 0 unspecified atom stereocenters. The van der Waals surface area contributed by atoms with Gasteiger partial charge in [0.15, 0.2) is 0 Å². The van der Waals surface area contributed by atoms with Gasteiger partial charge in [-0.3, -0.25) is 0 Å². The molecule has 0 radical (unpaired) electrons. The van der Waals surface area contributed by atoms with Crippen molar-refractivity contribution in [1.82, 2.24) is 10.2 Å². The summed E-state index contributed by atoms with van der Waals surface area (Å²) in [5.41, 5.74) is 1.75. The number of hydrogen-bond donors (Lipinski definition) is 2. The van der Waals surface area contributed by atoms with Crippen molar-refractivity contribution in [2.45, 2.75) is 19.4 Å². The molecule has 21 heavy (non-hydrogen) atoms. The summed E-state index contributed by atoms with van der Waals surface area (Å²) in [5, 5.41) is 13.1. The number of benzene rings is 1. The molecule has 0 atom stereocenters. The van der Waals surface area contributed by atoms with Crippen LogP contribution in [0.4, 0.5) is 0 Å². The molecule has 0 bridgehead atoms. The van der Waals surface area contributed by atoms with Crippen LogP contribution in [0.15, 0.2) is 28.7 Å². The molecule has 2 rings (SSSR count). The van der Waals surface area contributed by atoms with E-state index in [1.54, 1.807) is 6.07 Å². The molecule has 2 aromatic rings. The minimum Gasteiger partial charge on any atom is -0.475 e. The largest absolute Gasteiger partial charge is 0.475 e. The zero-order valence-corrected chi connectivity index (χ0v) is 12.6. The van der Waals surface area contributed by atoms with Crippen LogP contribution < -0.4 is 5.32 Å². The Morgan fingerprint density at radius 3 is 2.81 bits per heavy atom. The van der Waals surface area contributed by atoms with Gasteiger partial charge in [-0.2, -0.15) is 0 Å². The van der Waals surface area contributed by atoms with Gasteiger partial charge in [-0.25, -0.2) is 4.79 Å². The van der Waals surface area contributed by atoms with Gasteiger partial charge in [-0.1, -0.05) is 6.07 Å². The van der Waals surface area contributed by atoms with E-state index in [0.717, 1.165) is 37.0 Å². The van der Waals surface area contributed by atoms with Gasteiger partial charge in [0.05, 0.1) is 0 Å². The fourth-order valence-corrected chi connectivity index (χ4v) is 2.22. The lowest BCUT2D eigenvalue weighted by atomic mass is 10.1. The number of rotatable bonds is 8. The van der Waals surface area contributed by atoms with E-state index >= 15 is 0 Å². The molecule has 5 heteroatoms. The first-order valence-electron chi connectivity index (χ1n) is 7.17. The van der Waals surface area contributed by atoms with E-state index in [1.807, 2.05) is 18.2 Å².